The van der Waals surface area contributed by atoms with Gasteiger partial charge in [-0.3, -0.25) is 4.79 Å². The molecule has 0 spiro atoms. The van der Waals surface area contributed by atoms with Crippen molar-refractivity contribution in [3.05, 3.63) is 0 Å². The van der Waals surface area contributed by atoms with E-state index in [1.165, 1.54) is 22.8 Å². The molecular weight excluding hydrogens is 288 g/mol. The van der Waals surface area contributed by atoms with Crippen LogP contribution in [0.4, 0.5) is 0 Å². The summed E-state index contributed by atoms with van der Waals surface area (Å²) in [5.41, 5.74) is 0. The van der Waals surface area contributed by atoms with Crippen LogP contribution in [0.3, 0.4) is 0 Å². The first-order valence-electron chi connectivity index (χ1n) is 6.41. The Morgan fingerprint density at radius 3 is 2.45 bits per heavy atom. The molecule has 0 saturated carbocycles. The number of nitrogens with zero attached hydrogens (tertiary/aromatic N) is 2. The van der Waals surface area contributed by atoms with E-state index >= 15 is 0 Å². The average Bonchev–Trinajstić information content (AvgIpc) is 2.47. The monoisotopic (exact) mass is 310 g/mol. The quantitative estimate of drug-likeness (QED) is 0.539. The molecule has 1 rings (SSSR count). The minimum absolute atomic E-state index is 0.0176. The van der Waals surface area contributed by atoms with Crippen molar-refractivity contribution in [1.29, 1.82) is 0 Å². The molecule has 0 bridgehead atoms. The second-order valence-corrected chi connectivity index (χ2v) is 6.17. The maximum Gasteiger partial charge on any atom is 0.306 e. The van der Waals surface area contributed by atoms with Gasteiger partial charge < -0.3 is 14.2 Å². The highest BCUT2D eigenvalue weighted by Gasteiger charge is 2.30. The van der Waals surface area contributed by atoms with Crippen LogP contribution in [-0.4, -0.2) is 83.2 Å². The normalized spacial score (nSPS) is 17.4. The molecule has 0 N–H and O–H groups in total. The molecule has 9 heteroatoms. The predicted octanol–water partition coefficient (Wildman–Crippen LogP) is -0.925. The van der Waals surface area contributed by atoms with Crippen molar-refractivity contribution in [2.24, 2.45) is 0 Å². The third-order valence-corrected chi connectivity index (χ3v) is 5.00. The van der Waals surface area contributed by atoms with E-state index < -0.39 is 16.2 Å². The first kappa shape index (κ1) is 17.3. The summed E-state index contributed by atoms with van der Waals surface area (Å²) in [6.45, 7) is 1.96. The Labute approximate surface area is 119 Å². The number of ether oxygens (including phenoxy) is 3. The largest absolute Gasteiger partial charge is 0.469 e. The Morgan fingerprint density at radius 1 is 1.25 bits per heavy atom. The number of rotatable bonds is 8. The van der Waals surface area contributed by atoms with Crippen LogP contribution in [0.2, 0.25) is 0 Å². The second-order valence-electron chi connectivity index (χ2n) is 4.24. The molecule has 0 aliphatic carbocycles. The van der Waals surface area contributed by atoms with Crippen molar-refractivity contribution >= 4 is 16.2 Å². The van der Waals surface area contributed by atoms with Gasteiger partial charge in [-0.25, -0.2) is 0 Å². The summed E-state index contributed by atoms with van der Waals surface area (Å²) >= 11 is 0. The van der Waals surface area contributed by atoms with Gasteiger partial charge in [-0.15, -0.1) is 0 Å². The first-order chi connectivity index (χ1) is 9.52. The zero-order valence-corrected chi connectivity index (χ0v) is 12.7. The number of hydrogen-bond acceptors (Lipinski definition) is 6. The Hall–Kier alpha value is -0.740. The fourth-order valence-electron chi connectivity index (χ4n) is 1.79. The number of carbonyl (C=O) groups excluding carboxylic acids is 1. The lowest BCUT2D eigenvalue weighted by molar-refractivity contribution is -0.140. The summed E-state index contributed by atoms with van der Waals surface area (Å²) in [5.74, 6) is -0.440. The highest BCUT2D eigenvalue weighted by molar-refractivity contribution is 7.86. The van der Waals surface area contributed by atoms with Gasteiger partial charge in [0, 0.05) is 33.3 Å². The van der Waals surface area contributed by atoms with Gasteiger partial charge in [-0.2, -0.15) is 17.0 Å². The molecule has 1 fully saturated rings. The summed E-state index contributed by atoms with van der Waals surface area (Å²) in [5, 5.41) is 0. The van der Waals surface area contributed by atoms with Crippen LogP contribution in [0.25, 0.3) is 0 Å². The summed E-state index contributed by atoms with van der Waals surface area (Å²) in [7, 11) is -0.825. The van der Waals surface area contributed by atoms with Gasteiger partial charge in [-0.1, -0.05) is 0 Å². The fraction of sp³-hybridized carbons (Fsp3) is 0.909. The minimum Gasteiger partial charge on any atom is -0.469 e. The number of hydrogen-bond donors (Lipinski definition) is 0. The van der Waals surface area contributed by atoms with Crippen molar-refractivity contribution in [3.63, 3.8) is 0 Å². The Kier molecular flexibility index (Phi) is 7.38. The van der Waals surface area contributed by atoms with E-state index in [9.17, 15) is 13.2 Å². The van der Waals surface area contributed by atoms with E-state index in [0.717, 1.165) is 0 Å². The molecule has 1 aliphatic heterocycles. The second kappa shape index (κ2) is 8.53. The van der Waals surface area contributed by atoms with Crippen molar-refractivity contribution < 1.29 is 27.4 Å². The van der Waals surface area contributed by atoms with Gasteiger partial charge in [0.25, 0.3) is 10.2 Å². The lowest BCUT2D eigenvalue weighted by Crippen LogP contribution is -2.49. The van der Waals surface area contributed by atoms with Crippen LogP contribution in [0.5, 0.6) is 0 Å². The maximum absolute atomic E-state index is 12.5. The summed E-state index contributed by atoms with van der Waals surface area (Å²) < 4.78 is 42.2. The lowest BCUT2D eigenvalue weighted by atomic mass is 10.4. The van der Waals surface area contributed by atoms with E-state index in [2.05, 4.69) is 4.74 Å². The van der Waals surface area contributed by atoms with Gasteiger partial charge in [0.15, 0.2) is 0 Å². The first-order valence-corrected chi connectivity index (χ1v) is 7.80. The van der Waals surface area contributed by atoms with Crippen LogP contribution in [-0.2, 0) is 29.2 Å². The van der Waals surface area contributed by atoms with Crippen LogP contribution >= 0.6 is 0 Å². The number of methoxy groups -OCH3 is 2. The van der Waals surface area contributed by atoms with Crippen molar-refractivity contribution in [3.8, 4) is 0 Å². The summed E-state index contributed by atoms with van der Waals surface area (Å²) in [4.78, 5) is 11.2. The highest BCUT2D eigenvalue weighted by atomic mass is 32.2. The summed E-state index contributed by atoms with van der Waals surface area (Å²) in [6, 6.07) is 0. The molecule has 1 aliphatic rings. The van der Waals surface area contributed by atoms with Gasteiger partial charge >= 0.3 is 5.97 Å². The smallest absolute Gasteiger partial charge is 0.306 e. The average molecular weight is 310 g/mol. The third kappa shape index (κ3) is 4.98. The van der Waals surface area contributed by atoms with E-state index in [-0.39, 0.29) is 26.1 Å². The van der Waals surface area contributed by atoms with Crippen molar-refractivity contribution in [2.75, 3.05) is 60.2 Å². The predicted molar refractivity (Wildman–Crippen MR) is 71.4 cm³/mol. The highest BCUT2D eigenvalue weighted by Crippen LogP contribution is 2.11. The van der Waals surface area contributed by atoms with Crippen LogP contribution < -0.4 is 0 Å². The minimum atomic E-state index is -3.60. The molecule has 0 aromatic rings. The molecule has 0 radical (unpaired) electrons. The molecule has 0 atom stereocenters. The van der Waals surface area contributed by atoms with Crippen molar-refractivity contribution in [1.82, 2.24) is 8.61 Å². The molecule has 0 unspecified atom stereocenters. The Morgan fingerprint density at radius 2 is 1.90 bits per heavy atom. The fourth-order valence-corrected chi connectivity index (χ4v) is 3.36. The number of morpholine rings is 1. The Balaban J connectivity index is 2.70. The van der Waals surface area contributed by atoms with Crippen LogP contribution in [0.1, 0.15) is 6.42 Å². The molecular formula is C11H22N2O6S. The van der Waals surface area contributed by atoms with E-state index in [4.69, 9.17) is 9.47 Å². The molecule has 0 aromatic heterocycles. The lowest BCUT2D eigenvalue weighted by Gasteiger charge is -2.31. The third-order valence-electron chi connectivity index (χ3n) is 2.96. The molecule has 118 valence electrons. The van der Waals surface area contributed by atoms with E-state index in [1.54, 1.807) is 0 Å². The van der Waals surface area contributed by atoms with Crippen LogP contribution in [0, 0.1) is 0 Å². The van der Waals surface area contributed by atoms with Gasteiger partial charge in [0.1, 0.15) is 0 Å². The van der Waals surface area contributed by atoms with E-state index in [1.807, 2.05) is 0 Å². The van der Waals surface area contributed by atoms with E-state index in [0.29, 0.717) is 26.3 Å². The van der Waals surface area contributed by atoms with Crippen LogP contribution in [0.15, 0.2) is 0 Å². The molecule has 1 heterocycles. The molecule has 8 nitrogen and oxygen atoms in total. The summed E-state index contributed by atoms with van der Waals surface area (Å²) in [6.07, 6.45) is 0.0176. The molecule has 0 aromatic carbocycles. The Bertz CT molecular complexity index is 394. The number of carbonyl (C=O) groups is 1. The zero-order chi connectivity index (χ0) is 15.0. The standard InChI is InChI=1S/C11H22N2O6S/c1-17-8-5-12(4-3-11(14)18-2)20(15,16)13-6-9-19-10-7-13/h3-10H2,1-2H3. The SMILES string of the molecule is COCCN(CCC(=O)OC)S(=O)(=O)N1CCOCC1. The van der Waals surface area contributed by atoms with Gasteiger partial charge in [-0.05, 0) is 0 Å². The van der Waals surface area contributed by atoms with Gasteiger partial charge in [0.2, 0.25) is 0 Å². The topological polar surface area (TPSA) is 85.4 Å². The van der Waals surface area contributed by atoms with Gasteiger partial charge in [0.05, 0.1) is 33.4 Å². The van der Waals surface area contributed by atoms with Crippen molar-refractivity contribution in [2.45, 2.75) is 6.42 Å². The number of esters is 1. The maximum atomic E-state index is 12.5. The zero-order valence-electron chi connectivity index (χ0n) is 11.9. The molecule has 20 heavy (non-hydrogen) atoms. The molecule has 1 saturated heterocycles. The molecule has 0 amide bonds.